The summed E-state index contributed by atoms with van der Waals surface area (Å²) in [4.78, 5) is 15.8. The molecule has 1 fully saturated rings. The van der Waals surface area contributed by atoms with E-state index in [4.69, 9.17) is 55.7 Å². The molecule has 6 aromatic rings. The zero-order valence-corrected chi connectivity index (χ0v) is 32.2. The van der Waals surface area contributed by atoms with Crippen molar-refractivity contribution in [3.8, 4) is 33.6 Å². The summed E-state index contributed by atoms with van der Waals surface area (Å²) in [6, 6.07) is 39.9. The van der Waals surface area contributed by atoms with Gasteiger partial charge in [0.2, 0.25) is 0 Å². The number of hydrogen-bond donors (Lipinski definition) is 0. The monoisotopic (exact) mass is 806 g/mol. The predicted octanol–water partition coefficient (Wildman–Crippen LogP) is 11.3. The number of nitrogens with zero attached hydrogens (tertiary/aromatic N) is 4. The van der Waals surface area contributed by atoms with Gasteiger partial charge in [-0.25, -0.2) is 19.9 Å². The first-order valence-corrected chi connectivity index (χ1v) is 17.8. The molecule has 4 aromatic carbocycles. The fraction of sp³-hybridized carbons (Fsp3) is 0.158. The summed E-state index contributed by atoms with van der Waals surface area (Å²) < 4.78 is 12.5. The van der Waals surface area contributed by atoms with Crippen LogP contribution in [0.25, 0.3) is 33.6 Å². The van der Waals surface area contributed by atoms with Crippen LogP contribution in [0.15, 0.2) is 126 Å². The van der Waals surface area contributed by atoms with E-state index in [9.17, 15) is 0 Å². The lowest BCUT2D eigenvalue weighted by atomic mass is 9.78. The van der Waals surface area contributed by atoms with Crippen LogP contribution < -0.4 is 5.46 Å². The van der Waals surface area contributed by atoms with E-state index < -0.39 is 0 Å². The van der Waals surface area contributed by atoms with Crippen LogP contribution in [0.4, 0.5) is 0 Å². The minimum Gasteiger partial charge on any atom is -0.399 e. The molecule has 0 radical (unpaired) electrons. The molecular formula is C38H32BBrCl4N4O2. The first-order chi connectivity index (χ1) is 23.8. The lowest BCUT2D eigenvalue weighted by Crippen LogP contribution is -2.41. The molecule has 12 heteroatoms. The fourth-order valence-electron chi connectivity index (χ4n) is 4.77. The van der Waals surface area contributed by atoms with Crippen molar-refractivity contribution in [2.75, 3.05) is 0 Å². The summed E-state index contributed by atoms with van der Waals surface area (Å²) in [5, 5.41) is 1.35. The number of aromatic nitrogens is 4. The predicted molar refractivity (Wildman–Crippen MR) is 210 cm³/mol. The molecule has 7 rings (SSSR count). The van der Waals surface area contributed by atoms with Crippen LogP contribution in [0.2, 0.25) is 20.6 Å². The SMILES string of the molecule is CC1(C)OB(c2ccc(-c3ccccc3)cc2)OC1(C)C.Clc1cc(Cl)nc(-c2ccc(-c3ccccc3)cc2)n1.Clc1cc(Cl)nc(Br)n1. The molecule has 2 aromatic heterocycles. The van der Waals surface area contributed by atoms with Crippen LogP contribution >= 0.6 is 62.3 Å². The van der Waals surface area contributed by atoms with Crippen molar-refractivity contribution in [1.29, 1.82) is 0 Å². The Bertz CT molecular complexity index is 1940. The quantitative estimate of drug-likeness (QED) is 0.100. The van der Waals surface area contributed by atoms with Crippen LogP contribution in [-0.4, -0.2) is 38.3 Å². The maximum absolute atomic E-state index is 6.07. The summed E-state index contributed by atoms with van der Waals surface area (Å²) in [7, 11) is -0.292. The van der Waals surface area contributed by atoms with Crippen molar-refractivity contribution in [3.63, 3.8) is 0 Å². The van der Waals surface area contributed by atoms with Crippen molar-refractivity contribution in [2.45, 2.75) is 38.9 Å². The van der Waals surface area contributed by atoms with Gasteiger partial charge in [0, 0.05) is 17.7 Å². The van der Waals surface area contributed by atoms with Gasteiger partial charge in [0.05, 0.1) is 11.2 Å². The molecule has 254 valence electrons. The van der Waals surface area contributed by atoms with Crippen molar-refractivity contribution >= 4 is 74.9 Å². The summed E-state index contributed by atoms with van der Waals surface area (Å²) >= 11 is 25.8. The van der Waals surface area contributed by atoms with Gasteiger partial charge in [0.25, 0.3) is 0 Å². The summed E-state index contributed by atoms with van der Waals surface area (Å²) in [5.74, 6) is 0.530. The van der Waals surface area contributed by atoms with Crippen LogP contribution in [-0.2, 0) is 9.31 Å². The first kappa shape index (κ1) is 37.9. The minimum absolute atomic E-state index is 0.292. The second kappa shape index (κ2) is 16.8. The second-order valence-electron chi connectivity index (χ2n) is 12.1. The third-order valence-corrected chi connectivity index (χ3v) is 9.22. The van der Waals surface area contributed by atoms with E-state index in [1.54, 1.807) is 0 Å². The zero-order valence-electron chi connectivity index (χ0n) is 27.6. The molecule has 1 aliphatic heterocycles. The van der Waals surface area contributed by atoms with E-state index in [1.807, 2.05) is 48.5 Å². The van der Waals surface area contributed by atoms with Gasteiger partial charge in [-0.3, -0.25) is 0 Å². The Kier molecular flexibility index (Phi) is 12.7. The lowest BCUT2D eigenvalue weighted by Gasteiger charge is -2.32. The van der Waals surface area contributed by atoms with Crippen molar-refractivity contribution in [3.05, 3.63) is 147 Å². The summed E-state index contributed by atoms with van der Waals surface area (Å²) in [6.07, 6.45) is 0. The molecule has 0 aliphatic carbocycles. The minimum atomic E-state index is -0.296. The van der Waals surface area contributed by atoms with Gasteiger partial charge >= 0.3 is 7.12 Å². The smallest absolute Gasteiger partial charge is 0.399 e. The van der Waals surface area contributed by atoms with E-state index in [0.29, 0.717) is 31.2 Å². The number of halogens is 5. The first-order valence-electron chi connectivity index (χ1n) is 15.5. The van der Waals surface area contributed by atoms with Crippen molar-refractivity contribution in [1.82, 2.24) is 19.9 Å². The Labute approximate surface area is 321 Å². The zero-order chi connectivity index (χ0) is 35.9. The van der Waals surface area contributed by atoms with E-state index in [2.05, 4.69) is 124 Å². The van der Waals surface area contributed by atoms with E-state index in [1.165, 1.54) is 28.8 Å². The highest BCUT2D eigenvalue weighted by Gasteiger charge is 2.51. The summed E-state index contributed by atoms with van der Waals surface area (Å²) in [5.41, 5.74) is 6.09. The highest BCUT2D eigenvalue weighted by molar-refractivity contribution is 9.10. The molecule has 3 heterocycles. The largest absolute Gasteiger partial charge is 0.494 e. The average Bonchev–Trinajstić information content (AvgIpc) is 3.31. The van der Waals surface area contributed by atoms with Crippen LogP contribution in [0.5, 0.6) is 0 Å². The topological polar surface area (TPSA) is 70.0 Å². The maximum atomic E-state index is 6.07. The van der Waals surface area contributed by atoms with Gasteiger partial charge in [0.15, 0.2) is 10.6 Å². The molecule has 0 bridgehead atoms. The van der Waals surface area contributed by atoms with Gasteiger partial charge < -0.3 is 9.31 Å². The Morgan fingerprint density at radius 3 is 1.22 bits per heavy atom. The van der Waals surface area contributed by atoms with Crippen LogP contribution in [0.1, 0.15) is 27.7 Å². The Morgan fingerprint density at radius 1 is 0.480 bits per heavy atom. The van der Waals surface area contributed by atoms with Crippen LogP contribution in [0, 0.1) is 0 Å². The van der Waals surface area contributed by atoms with Gasteiger partial charge in [-0.1, -0.05) is 156 Å². The number of benzene rings is 4. The molecule has 0 atom stereocenters. The Morgan fingerprint density at radius 2 is 0.820 bits per heavy atom. The Balaban J connectivity index is 0.000000157. The van der Waals surface area contributed by atoms with Gasteiger partial charge in [-0.05, 0) is 71.3 Å². The lowest BCUT2D eigenvalue weighted by molar-refractivity contribution is 0.00578. The third kappa shape index (κ3) is 10.1. The number of rotatable bonds is 4. The van der Waals surface area contributed by atoms with Gasteiger partial charge in [0.1, 0.15) is 20.6 Å². The number of hydrogen-bond acceptors (Lipinski definition) is 6. The van der Waals surface area contributed by atoms with E-state index in [0.717, 1.165) is 16.6 Å². The molecular weight excluding hydrogens is 777 g/mol. The highest BCUT2D eigenvalue weighted by Crippen LogP contribution is 2.36. The Hall–Kier alpha value is -3.34. The normalized spacial score (nSPS) is 14.2. The van der Waals surface area contributed by atoms with Gasteiger partial charge in [-0.15, -0.1) is 0 Å². The van der Waals surface area contributed by atoms with Gasteiger partial charge in [-0.2, -0.15) is 0 Å². The standard InChI is InChI=1S/C18H21BO2.C16H10Cl2N2.C4HBrCl2N2/c1-17(2)18(3,4)21-19(20-17)16-12-10-15(11-13-16)14-8-6-5-7-9-14;17-14-10-15(18)20-16(19-14)13-8-6-12(7-9-13)11-4-2-1-3-5-11;5-4-8-2(6)1-3(7)9-4/h5-13H,1-4H3;1-10H;1H. The highest BCUT2D eigenvalue weighted by atomic mass is 79.9. The third-order valence-electron chi connectivity index (χ3n) is 8.09. The van der Waals surface area contributed by atoms with E-state index in [-0.39, 0.29) is 18.3 Å². The second-order valence-corrected chi connectivity index (χ2v) is 14.4. The molecule has 0 spiro atoms. The van der Waals surface area contributed by atoms with Crippen LogP contribution in [0.3, 0.4) is 0 Å². The molecule has 0 unspecified atom stereocenters. The van der Waals surface area contributed by atoms with E-state index >= 15 is 0 Å². The van der Waals surface area contributed by atoms with Crippen molar-refractivity contribution in [2.24, 2.45) is 0 Å². The molecule has 0 amide bonds. The molecule has 50 heavy (non-hydrogen) atoms. The molecule has 0 saturated carbocycles. The average molecular weight is 809 g/mol. The fourth-order valence-corrected chi connectivity index (χ4v) is 6.20. The molecule has 1 saturated heterocycles. The molecule has 1 aliphatic rings. The summed E-state index contributed by atoms with van der Waals surface area (Å²) in [6.45, 7) is 8.30. The molecule has 6 nitrogen and oxygen atoms in total. The maximum Gasteiger partial charge on any atom is 0.494 e. The van der Waals surface area contributed by atoms with Crippen molar-refractivity contribution < 1.29 is 9.31 Å². The molecule has 0 N–H and O–H groups in total.